The summed E-state index contributed by atoms with van der Waals surface area (Å²) in [4.78, 5) is 24.4. The van der Waals surface area contributed by atoms with Crippen molar-refractivity contribution < 1.29 is 31.5 Å². The number of amides is 1. The van der Waals surface area contributed by atoms with Crippen molar-refractivity contribution in [2.75, 3.05) is 24.5 Å². The third-order valence-corrected chi connectivity index (χ3v) is 8.42. The fourth-order valence-electron chi connectivity index (χ4n) is 4.15. The van der Waals surface area contributed by atoms with Crippen LogP contribution in [0.2, 0.25) is 0 Å². The molecule has 210 valence electrons. The summed E-state index contributed by atoms with van der Waals surface area (Å²) in [5.74, 6) is -0.266. The fraction of sp³-hybridized carbons (Fsp3) is 0.269. The van der Waals surface area contributed by atoms with Crippen LogP contribution < -0.4 is 15.0 Å². The molecular formula is C26H22F5N5O2S2. The van der Waals surface area contributed by atoms with Crippen molar-refractivity contribution in [2.24, 2.45) is 0 Å². The summed E-state index contributed by atoms with van der Waals surface area (Å²) in [7, 11) is 0. The molecule has 0 radical (unpaired) electrons. The van der Waals surface area contributed by atoms with Gasteiger partial charge in [-0.25, -0.2) is 14.3 Å². The highest BCUT2D eigenvalue weighted by molar-refractivity contribution is 7.97. The average Bonchev–Trinajstić information content (AvgIpc) is 3.37. The molecule has 0 unspecified atom stereocenters. The largest absolute Gasteiger partial charge is 0.435 e. The predicted octanol–water partition coefficient (Wildman–Crippen LogP) is 5.83. The third-order valence-electron chi connectivity index (χ3n) is 6.15. The lowest BCUT2D eigenvalue weighted by atomic mass is 10.1. The maximum Gasteiger partial charge on any atom is 0.416 e. The second-order valence-corrected chi connectivity index (χ2v) is 11.0. The highest BCUT2D eigenvalue weighted by Gasteiger charge is 2.35. The van der Waals surface area contributed by atoms with Gasteiger partial charge in [0, 0.05) is 37.3 Å². The standard InChI is InChI=1S/C26H22F5N5O2S2/c27-25(28)38-18-5-1-16(2-6-18)12-33-24(37)21-14-35(23-11-20-22(39-23)13-32-15-34-20)9-10-36(21)40-19-7-3-17(4-8-19)26(29,30)31/h1-8,11,13,15,21,25H,9-10,12,14H2,(H,33,37)/t21-/m1/s1. The van der Waals surface area contributed by atoms with Crippen molar-refractivity contribution in [3.63, 3.8) is 0 Å². The van der Waals surface area contributed by atoms with Crippen LogP contribution in [0.25, 0.3) is 10.2 Å². The van der Waals surface area contributed by atoms with E-state index in [1.807, 2.05) is 10.4 Å². The van der Waals surface area contributed by atoms with Crippen molar-refractivity contribution in [2.45, 2.75) is 30.3 Å². The minimum absolute atomic E-state index is 0.0140. The summed E-state index contributed by atoms with van der Waals surface area (Å²) in [6.45, 7) is -1.39. The number of thiophene rings is 1. The van der Waals surface area contributed by atoms with Gasteiger partial charge in [0.15, 0.2) is 0 Å². The van der Waals surface area contributed by atoms with Crippen LogP contribution in [0, 0.1) is 0 Å². The number of hydrogen-bond donors (Lipinski definition) is 1. The van der Waals surface area contributed by atoms with Gasteiger partial charge in [0.05, 0.1) is 20.8 Å². The molecule has 1 aliphatic heterocycles. The van der Waals surface area contributed by atoms with Gasteiger partial charge in [0.25, 0.3) is 0 Å². The number of nitrogens with one attached hydrogen (secondary N) is 1. The zero-order valence-electron chi connectivity index (χ0n) is 20.6. The Morgan fingerprint density at radius 1 is 1.12 bits per heavy atom. The summed E-state index contributed by atoms with van der Waals surface area (Å²) in [6.07, 6.45) is -1.23. The first-order valence-corrected chi connectivity index (χ1v) is 13.6. The number of nitrogens with zero attached hydrogens (tertiary/aromatic N) is 4. The molecule has 0 saturated carbocycles. The van der Waals surface area contributed by atoms with Crippen molar-refractivity contribution in [1.29, 1.82) is 0 Å². The minimum atomic E-state index is -4.43. The Bertz CT molecular complexity index is 1420. The number of fused-ring (bicyclic) bond motifs is 1. The lowest BCUT2D eigenvalue weighted by molar-refractivity contribution is -0.137. The van der Waals surface area contributed by atoms with Crippen LogP contribution >= 0.6 is 23.3 Å². The molecule has 0 aliphatic carbocycles. The van der Waals surface area contributed by atoms with Gasteiger partial charge in [-0.15, -0.1) is 11.3 Å². The van der Waals surface area contributed by atoms with Gasteiger partial charge in [0.2, 0.25) is 5.91 Å². The van der Waals surface area contributed by atoms with E-state index in [9.17, 15) is 26.7 Å². The number of carbonyl (C=O) groups excluding carboxylic acids is 1. The molecule has 3 heterocycles. The normalized spacial score (nSPS) is 16.4. The Hall–Kier alpha value is -3.49. The van der Waals surface area contributed by atoms with Gasteiger partial charge in [-0.3, -0.25) is 4.79 Å². The van der Waals surface area contributed by atoms with E-state index in [4.69, 9.17) is 0 Å². The Kier molecular flexibility index (Phi) is 8.38. The summed E-state index contributed by atoms with van der Waals surface area (Å²) in [5, 5.41) is 3.83. The second kappa shape index (κ2) is 11.9. The molecule has 0 bridgehead atoms. The Morgan fingerprint density at radius 2 is 1.88 bits per heavy atom. The van der Waals surface area contributed by atoms with Crippen LogP contribution in [-0.4, -0.2) is 52.5 Å². The quantitative estimate of drug-likeness (QED) is 0.203. The highest BCUT2D eigenvalue weighted by Crippen LogP contribution is 2.36. The number of alkyl halides is 5. The van der Waals surface area contributed by atoms with Crippen LogP contribution in [0.3, 0.4) is 0 Å². The summed E-state index contributed by atoms with van der Waals surface area (Å²) < 4.78 is 71.0. The van der Waals surface area contributed by atoms with E-state index in [1.165, 1.54) is 53.9 Å². The summed E-state index contributed by atoms with van der Waals surface area (Å²) in [6, 6.07) is 12.1. The molecule has 14 heteroatoms. The molecule has 1 fully saturated rings. The number of ether oxygens (including phenoxy) is 1. The van der Waals surface area contributed by atoms with Crippen molar-refractivity contribution in [3.05, 3.63) is 78.2 Å². The molecule has 1 saturated heterocycles. The molecular weight excluding hydrogens is 573 g/mol. The Morgan fingerprint density at radius 3 is 2.55 bits per heavy atom. The van der Waals surface area contributed by atoms with Crippen LogP contribution in [-0.2, 0) is 17.5 Å². The average molecular weight is 596 g/mol. The molecule has 7 nitrogen and oxygen atoms in total. The molecule has 0 spiro atoms. The first-order valence-electron chi connectivity index (χ1n) is 12.0. The van der Waals surface area contributed by atoms with E-state index in [0.29, 0.717) is 30.1 Å². The predicted molar refractivity (Wildman–Crippen MR) is 142 cm³/mol. The monoisotopic (exact) mass is 595 g/mol. The second-order valence-electron chi connectivity index (χ2n) is 8.81. The number of aromatic nitrogens is 2. The number of carbonyl (C=O) groups is 1. The van der Waals surface area contributed by atoms with Gasteiger partial charge in [0.1, 0.15) is 18.1 Å². The van der Waals surface area contributed by atoms with Gasteiger partial charge in [-0.1, -0.05) is 12.1 Å². The molecule has 4 aromatic rings. The van der Waals surface area contributed by atoms with Crippen molar-refractivity contribution >= 4 is 44.4 Å². The molecule has 1 amide bonds. The fourth-order valence-corrected chi connectivity index (χ4v) is 6.17. The van der Waals surface area contributed by atoms with Crippen LogP contribution in [0.15, 0.2) is 72.0 Å². The zero-order chi connectivity index (χ0) is 28.3. The topological polar surface area (TPSA) is 70.6 Å². The van der Waals surface area contributed by atoms with Crippen LogP contribution in [0.1, 0.15) is 11.1 Å². The smallest absolute Gasteiger partial charge is 0.416 e. The first kappa shape index (κ1) is 28.1. The van der Waals surface area contributed by atoms with Crippen molar-refractivity contribution in [3.8, 4) is 5.75 Å². The lowest BCUT2D eigenvalue weighted by Gasteiger charge is -2.40. The summed E-state index contributed by atoms with van der Waals surface area (Å²) >= 11 is 2.74. The van der Waals surface area contributed by atoms with E-state index in [1.54, 1.807) is 18.3 Å². The number of halogens is 5. The van der Waals surface area contributed by atoms with Crippen LogP contribution in [0.4, 0.5) is 27.0 Å². The number of anilines is 1. The SMILES string of the molecule is O=C(NCc1ccc(OC(F)F)cc1)[C@H]1CN(c2cc3ncncc3s2)CCN1Sc1ccc(C(F)(F)F)cc1. The van der Waals surface area contributed by atoms with Gasteiger partial charge in [-0.05, 0) is 60.0 Å². The third kappa shape index (κ3) is 6.80. The van der Waals surface area contributed by atoms with Crippen molar-refractivity contribution in [1.82, 2.24) is 19.6 Å². The Balaban J connectivity index is 1.31. The van der Waals surface area contributed by atoms with E-state index in [0.717, 1.165) is 27.4 Å². The van der Waals surface area contributed by atoms with Gasteiger partial charge < -0.3 is 15.0 Å². The Labute approximate surface area is 234 Å². The number of hydrogen-bond acceptors (Lipinski definition) is 8. The van der Waals surface area contributed by atoms with E-state index in [2.05, 4.69) is 24.9 Å². The van der Waals surface area contributed by atoms with E-state index < -0.39 is 24.4 Å². The van der Waals surface area contributed by atoms with E-state index >= 15 is 0 Å². The molecule has 1 N–H and O–H groups in total. The molecule has 40 heavy (non-hydrogen) atoms. The van der Waals surface area contributed by atoms with E-state index in [-0.39, 0.29) is 18.2 Å². The summed E-state index contributed by atoms with van der Waals surface area (Å²) in [5.41, 5.74) is 0.748. The molecule has 1 aliphatic rings. The maximum absolute atomic E-state index is 13.4. The number of piperazine rings is 1. The number of rotatable bonds is 8. The lowest BCUT2D eigenvalue weighted by Crippen LogP contribution is -2.56. The van der Waals surface area contributed by atoms with Gasteiger partial charge >= 0.3 is 12.8 Å². The van der Waals surface area contributed by atoms with Crippen LogP contribution in [0.5, 0.6) is 5.75 Å². The minimum Gasteiger partial charge on any atom is -0.435 e. The maximum atomic E-state index is 13.4. The molecule has 5 rings (SSSR count). The molecule has 2 aromatic carbocycles. The first-order chi connectivity index (χ1) is 19.2. The van der Waals surface area contributed by atoms with Gasteiger partial charge in [-0.2, -0.15) is 22.0 Å². The zero-order valence-corrected chi connectivity index (χ0v) is 22.3. The molecule has 1 atom stereocenters. The number of benzene rings is 2. The highest BCUT2D eigenvalue weighted by atomic mass is 32.2. The molecule has 2 aromatic heterocycles.